The number of nitrogens with zero attached hydrogens (tertiary/aromatic N) is 2. The van der Waals surface area contributed by atoms with E-state index in [4.69, 9.17) is 0 Å². The smallest absolute Gasteiger partial charge is 0.281 e. The van der Waals surface area contributed by atoms with Crippen molar-refractivity contribution in [1.82, 2.24) is 0 Å². The molecule has 0 bridgehead atoms. The summed E-state index contributed by atoms with van der Waals surface area (Å²) in [6.45, 7) is -0.292. The van der Waals surface area contributed by atoms with Crippen molar-refractivity contribution < 1.29 is 18.0 Å². The summed E-state index contributed by atoms with van der Waals surface area (Å²) in [5.41, 5.74) is -1.23. The molecule has 1 heterocycles. The Hall–Kier alpha value is -1.20. The fourth-order valence-corrected chi connectivity index (χ4v) is 0.545. The van der Waals surface area contributed by atoms with Crippen LogP contribution in [-0.2, 0) is 4.79 Å². The Balaban J connectivity index is 2.88. The van der Waals surface area contributed by atoms with Crippen LogP contribution in [0.25, 0.3) is 0 Å². The van der Waals surface area contributed by atoms with Gasteiger partial charge in [0, 0.05) is 0 Å². The first-order chi connectivity index (χ1) is 5.00. The monoisotopic (exact) mass is 164 g/mol. The molecule has 11 heavy (non-hydrogen) atoms. The molecule has 0 unspecified atom stereocenters. The van der Waals surface area contributed by atoms with Gasteiger partial charge in [-0.25, -0.2) is 4.99 Å². The third-order valence-corrected chi connectivity index (χ3v) is 0.976. The van der Waals surface area contributed by atoms with Crippen molar-refractivity contribution in [3.05, 3.63) is 0 Å². The number of carbonyl (C=O) groups is 1. The fourth-order valence-electron chi connectivity index (χ4n) is 0.545. The van der Waals surface area contributed by atoms with E-state index < -0.39 is 17.8 Å². The zero-order chi connectivity index (χ0) is 8.48. The first-order valence-electron chi connectivity index (χ1n) is 2.68. The molecule has 60 valence electrons. The van der Waals surface area contributed by atoms with Crippen LogP contribution in [0.3, 0.4) is 0 Å². The Morgan fingerprint density at radius 3 is 2.45 bits per heavy atom. The van der Waals surface area contributed by atoms with Crippen LogP contribution in [0.4, 0.5) is 13.2 Å². The van der Waals surface area contributed by atoms with Crippen molar-refractivity contribution in [3.63, 3.8) is 0 Å². The number of alkyl halides is 3. The summed E-state index contributed by atoms with van der Waals surface area (Å²) in [6, 6.07) is 0. The second-order valence-corrected chi connectivity index (χ2v) is 1.86. The average Bonchev–Trinajstić information content (AvgIpc) is 1.86. The molecule has 0 aromatic rings. The van der Waals surface area contributed by atoms with Gasteiger partial charge < -0.3 is 0 Å². The molecule has 1 rings (SSSR count). The predicted molar refractivity (Wildman–Crippen MR) is 31.9 cm³/mol. The molecule has 1 aliphatic rings. The molecule has 0 aliphatic carbocycles. The van der Waals surface area contributed by atoms with Crippen molar-refractivity contribution in [2.75, 3.05) is 6.54 Å². The zero-order valence-electron chi connectivity index (χ0n) is 5.22. The number of carbonyl (C=O) groups excluding carboxylic acids is 1. The third kappa shape index (κ3) is 1.86. The summed E-state index contributed by atoms with van der Waals surface area (Å²) in [7, 11) is 0. The van der Waals surface area contributed by atoms with Gasteiger partial charge in [0.15, 0.2) is 5.71 Å². The van der Waals surface area contributed by atoms with Crippen molar-refractivity contribution in [3.8, 4) is 0 Å². The number of amides is 1. The van der Waals surface area contributed by atoms with Crippen LogP contribution in [-0.4, -0.2) is 30.6 Å². The molecule has 0 aromatic heterocycles. The van der Waals surface area contributed by atoms with E-state index in [1.54, 1.807) is 0 Å². The Morgan fingerprint density at radius 1 is 1.45 bits per heavy atom. The summed E-state index contributed by atoms with van der Waals surface area (Å²) in [4.78, 5) is 16.3. The van der Waals surface area contributed by atoms with Crippen molar-refractivity contribution >= 4 is 17.8 Å². The van der Waals surface area contributed by atoms with Crippen LogP contribution in [0.5, 0.6) is 0 Å². The van der Waals surface area contributed by atoms with E-state index in [1.165, 1.54) is 0 Å². The van der Waals surface area contributed by atoms with E-state index in [-0.39, 0.29) is 6.54 Å². The first-order valence-corrected chi connectivity index (χ1v) is 2.68. The quantitative estimate of drug-likeness (QED) is 0.516. The highest BCUT2D eigenvalue weighted by atomic mass is 19.4. The molecule has 0 radical (unpaired) electrons. The van der Waals surface area contributed by atoms with Gasteiger partial charge in [-0.05, 0) is 0 Å². The van der Waals surface area contributed by atoms with Crippen LogP contribution >= 0.6 is 0 Å². The Labute approximate surface area is 59.6 Å². The Morgan fingerprint density at radius 2 is 2.09 bits per heavy atom. The summed E-state index contributed by atoms with van der Waals surface area (Å²) >= 11 is 0. The largest absolute Gasteiger partial charge is 0.435 e. The number of hydrogen-bond acceptors (Lipinski definition) is 2. The third-order valence-electron chi connectivity index (χ3n) is 0.976. The maximum atomic E-state index is 11.7. The van der Waals surface area contributed by atoms with E-state index in [0.29, 0.717) is 6.21 Å². The minimum Gasteiger partial charge on any atom is -0.281 e. The van der Waals surface area contributed by atoms with E-state index in [0.717, 1.165) is 0 Å². The molecule has 6 heteroatoms. The molecule has 0 atom stereocenters. The number of rotatable bonds is 0. The maximum absolute atomic E-state index is 11.7. The van der Waals surface area contributed by atoms with Gasteiger partial charge in [-0.3, -0.25) is 9.79 Å². The summed E-state index contributed by atoms with van der Waals surface area (Å²) in [5.74, 6) is -0.861. The lowest BCUT2D eigenvalue weighted by Crippen LogP contribution is -2.28. The molecule has 1 aliphatic heterocycles. The van der Waals surface area contributed by atoms with E-state index in [9.17, 15) is 18.0 Å². The summed E-state index contributed by atoms with van der Waals surface area (Å²) < 4.78 is 35.2. The SMILES string of the molecule is O=C1CN=CC(C(F)(F)F)=N1. The van der Waals surface area contributed by atoms with Crippen LogP contribution < -0.4 is 0 Å². The van der Waals surface area contributed by atoms with Gasteiger partial charge in [-0.15, -0.1) is 0 Å². The Kier molecular flexibility index (Phi) is 1.76. The second-order valence-electron chi connectivity index (χ2n) is 1.86. The van der Waals surface area contributed by atoms with E-state index in [1.807, 2.05) is 0 Å². The minimum absolute atomic E-state index is 0.292. The molecule has 0 aromatic carbocycles. The van der Waals surface area contributed by atoms with Crippen molar-refractivity contribution in [2.24, 2.45) is 9.98 Å². The average molecular weight is 164 g/mol. The van der Waals surface area contributed by atoms with E-state index in [2.05, 4.69) is 9.98 Å². The zero-order valence-corrected chi connectivity index (χ0v) is 5.22. The lowest BCUT2D eigenvalue weighted by molar-refractivity contribution is -0.117. The molecule has 3 nitrogen and oxygen atoms in total. The molecular formula is C5H3F3N2O. The molecule has 0 fully saturated rings. The Bertz CT molecular complexity index is 241. The lowest BCUT2D eigenvalue weighted by Gasteiger charge is -2.07. The first kappa shape index (κ1) is 7.90. The molecule has 0 saturated heterocycles. The van der Waals surface area contributed by atoms with Gasteiger partial charge in [-0.2, -0.15) is 13.2 Å². The van der Waals surface area contributed by atoms with Crippen LogP contribution in [0.1, 0.15) is 0 Å². The molecular weight excluding hydrogens is 161 g/mol. The summed E-state index contributed by atoms with van der Waals surface area (Å²) in [6.07, 6.45) is -4.01. The predicted octanol–water partition coefficient (Wildman–Crippen LogP) is 0.601. The highest BCUT2D eigenvalue weighted by Gasteiger charge is 2.36. The van der Waals surface area contributed by atoms with Gasteiger partial charge >= 0.3 is 6.18 Å². The number of halogens is 3. The lowest BCUT2D eigenvalue weighted by atomic mass is 10.3. The van der Waals surface area contributed by atoms with Crippen molar-refractivity contribution in [2.45, 2.75) is 6.18 Å². The number of aliphatic imine (C=N–C) groups is 2. The molecule has 1 amide bonds. The van der Waals surface area contributed by atoms with Gasteiger partial charge in [-0.1, -0.05) is 0 Å². The summed E-state index contributed by atoms with van der Waals surface area (Å²) in [5, 5.41) is 0. The minimum atomic E-state index is -4.57. The highest BCUT2D eigenvalue weighted by Crippen LogP contribution is 2.17. The molecule has 0 saturated carbocycles. The van der Waals surface area contributed by atoms with Crippen LogP contribution in [0.2, 0.25) is 0 Å². The highest BCUT2D eigenvalue weighted by molar-refractivity contribution is 6.36. The molecule has 0 spiro atoms. The van der Waals surface area contributed by atoms with Gasteiger partial charge in [0.25, 0.3) is 5.91 Å². The molecule has 0 N–H and O–H groups in total. The van der Waals surface area contributed by atoms with Gasteiger partial charge in [0.2, 0.25) is 0 Å². The normalized spacial score (nSPS) is 18.5. The van der Waals surface area contributed by atoms with Crippen LogP contribution in [0.15, 0.2) is 9.98 Å². The van der Waals surface area contributed by atoms with Crippen LogP contribution in [0, 0.1) is 0 Å². The van der Waals surface area contributed by atoms with E-state index >= 15 is 0 Å². The maximum Gasteiger partial charge on any atom is 0.435 e. The standard InChI is InChI=1S/C5H3F3N2O/c6-5(7,8)3-1-9-2-4(11)10-3/h1H,2H2. The second kappa shape index (κ2) is 2.44. The fraction of sp³-hybridized carbons (Fsp3) is 0.400. The van der Waals surface area contributed by atoms with Gasteiger partial charge in [0.1, 0.15) is 6.54 Å². The van der Waals surface area contributed by atoms with Gasteiger partial charge in [0.05, 0.1) is 6.21 Å². The van der Waals surface area contributed by atoms with Crippen molar-refractivity contribution in [1.29, 1.82) is 0 Å². The topological polar surface area (TPSA) is 41.8 Å². The number of hydrogen-bond donors (Lipinski definition) is 0.